The predicted octanol–water partition coefficient (Wildman–Crippen LogP) is 4.89. The van der Waals surface area contributed by atoms with Gasteiger partial charge in [-0.05, 0) is 40.8 Å². The number of ether oxygens (including phenoxy) is 2. The molecule has 0 spiro atoms. The van der Waals surface area contributed by atoms with Crippen LogP contribution in [0.5, 0.6) is 5.75 Å². The smallest absolute Gasteiger partial charge is 0.338 e. The number of esters is 2. The lowest BCUT2D eigenvalue weighted by atomic mass is 9.98. The van der Waals surface area contributed by atoms with Crippen molar-refractivity contribution in [2.24, 2.45) is 0 Å². The lowest BCUT2D eigenvalue weighted by Gasteiger charge is -2.10. The minimum Gasteiger partial charge on any atom is -0.462 e. The van der Waals surface area contributed by atoms with Crippen molar-refractivity contribution in [1.29, 1.82) is 0 Å². The highest BCUT2D eigenvalue weighted by molar-refractivity contribution is 6.08. The van der Waals surface area contributed by atoms with E-state index >= 15 is 0 Å². The third-order valence-corrected chi connectivity index (χ3v) is 4.34. The molecule has 0 saturated heterocycles. The summed E-state index contributed by atoms with van der Waals surface area (Å²) in [5.74, 6) is -0.962. The molecule has 0 saturated carbocycles. The molecule has 28 heavy (non-hydrogen) atoms. The van der Waals surface area contributed by atoms with Crippen molar-refractivity contribution < 1.29 is 23.5 Å². The van der Waals surface area contributed by atoms with Crippen LogP contribution in [-0.2, 0) is 20.7 Å². The van der Waals surface area contributed by atoms with Gasteiger partial charge < -0.3 is 9.47 Å². The summed E-state index contributed by atoms with van der Waals surface area (Å²) in [6, 6.07) is 12.2. The number of fused-ring (bicyclic) bond motifs is 3. The van der Waals surface area contributed by atoms with Crippen LogP contribution in [0.2, 0.25) is 0 Å². The second-order valence-corrected chi connectivity index (χ2v) is 6.37. The SMILES string of the molecule is C=CC(=O)OCCc1ccc2c(ccc3cc(OC(=O)C(=C)C)ccc32)c1F. The van der Waals surface area contributed by atoms with Crippen LogP contribution >= 0.6 is 0 Å². The van der Waals surface area contributed by atoms with Crippen LogP contribution in [0.3, 0.4) is 0 Å². The average Bonchev–Trinajstić information content (AvgIpc) is 2.68. The zero-order chi connectivity index (χ0) is 20.3. The summed E-state index contributed by atoms with van der Waals surface area (Å²) in [7, 11) is 0. The Morgan fingerprint density at radius 3 is 2.50 bits per heavy atom. The normalized spacial score (nSPS) is 10.6. The maximum atomic E-state index is 14.9. The van der Waals surface area contributed by atoms with Gasteiger partial charge in [0.1, 0.15) is 11.6 Å². The Kier molecular flexibility index (Phi) is 5.54. The van der Waals surface area contributed by atoms with E-state index in [1.54, 1.807) is 43.3 Å². The topological polar surface area (TPSA) is 52.6 Å². The summed E-state index contributed by atoms with van der Waals surface area (Å²) in [5.41, 5.74) is 0.780. The van der Waals surface area contributed by atoms with Crippen molar-refractivity contribution in [2.75, 3.05) is 6.61 Å². The lowest BCUT2D eigenvalue weighted by Crippen LogP contribution is -2.08. The van der Waals surface area contributed by atoms with E-state index in [9.17, 15) is 14.0 Å². The first-order valence-electron chi connectivity index (χ1n) is 8.71. The van der Waals surface area contributed by atoms with Gasteiger partial charge >= 0.3 is 11.9 Å². The highest BCUT2D eigenvalue weighted by Crippen LogP contribution is 2.31. The van der Waals surface area contributed by atoms with E-state index in [0.717, 1.165) is 22.2 Å². The third-order valence-electron chi connectivity index (χ3n) is 4.34. The van der Waals surface area contributed by atoms with Crippen molar-refractivity contribution >= 4 is 33.5 Å². The first-order valence-corrected chi connectivity index (χ1v) is 8.71. The van der Waals surface area contributed by atoms with Crippen molar-refractivity contribution in [3.8, 4) is 5.75 Å². The molecule has 0 aliphatic carbocycles. The second kappa shape index (κ2) is 8.05. The van der Waals surface area contributed by atoms with Gasteiger partial charge in [0, 0.05) is 23.5 Å². The van der Waals surface area contributed by atoms with Crippen LogP contribution in [0.1, 0.15) is 12.5 Å². The standard InChI is InChI=1S/C23H19FO4/c1-4-21(25)27-12-11-15-5-8-19-18-10-7-17(28-23(26)14(2)3)13-16(18)6-9-20(19)22(15)24/h4-10,13H,1-2,11-12H2,3H3. The number of rotatable bonds is 6. The summed E-state index contributed by atoms with van der Waals surface area (Å²) in [5, 5.41) is 2.90. The summed E-state index contributed by atoms with van der Waals surface area (Å²) in [6.07, 6.45) is 1.35. The number of carbonyl (C=O) groups excluding carboxylic acids is 2. The molecule has 0 heterocycles. The number of benzene rings is 3. The van der Waals surface area contributed by atoms with E-state index in [0.29, 0.717) is 22.3 Å². The number of carbonyl (C=O) groups is 2. The molecular formula is C23H19FO4. The molecule has 5 heteroatoms. The van der Waals surface area contributed by atoms with Crippen LogP contribution in [0.25, 0.3) is 21.5 Å². The molecule has 3 aromatic carbocycles. The van der Waals surface area contributed by atoms with Crippen molar-refractivity contribution in [3.63, 3.8) is 0 Å². The van der Waals surface area contributed by atoms with Crippen molar-refractivity contribution in [2.45, 2.75) is 13.3 Å². The fourth-order valence-corrected chi connectivity index (χ4v) is 2.90. The third kappa shape index (κ3) is 3.93. The minimum absolute atomic E-state index is 0.0817. The van der Waals surface area contributed by atoms with Crippen LogP contribution in [0, 0.1) is 5.82 Å². The molecule has 142 valence electrons. The Bertz CT molecular complexity index is 1110. The lowest BCUT2D eigenvalue weighted by molar-refractivity contribution is -0.137. The minimum atomic E-state index is -0.532. The zero-order valence-electron chi connectivity index (χ0n) is 15.5. The van der Waals surface area contributed by atoms with Gasteiger partial charge in [-0.15, -0.1) is 0 Å². The molecule has 4 nitrogen and oxygen atoms in total. The molecule has 0 radical (unpaired) electrons. The first-order chi connectivity index (χ1) is 13.4. The Morgan fingerprint density at radius 1 is 1.07 bits per heavy atom. The second-order valence-electron chi connectivity index (χ2n) is 6.37. The average molecular weight is 378 g/mol. The largest absolute Gasteiger partial charge is 0.462 e. The predicted molar refractivity (Wildman–Crippen MR) is 107 cm³/mol. The van der Waals surface area contributed by atoms with Gasteiger partial charge in [-0.1, -0.05) is 43.5 Å². The quantitative estimate of drug-likeness (QED) is 0.265. The molecule has 0 atom stereocenters. The van der Waals surface area contributed by atoms with Gasteiger partial charge in [0.25, 0.3) is 0 Å². The fourth-order valence-electron chi connectivity index (χ4n) is 2.90. The molecule has 0 aromatic heterocycles. The molecule has 0 aliphatic rings. The molecular weight excluding hydrogens is 359 g/mol. The number of halogens is 1. The van der Waals surface area contributed by atoms with Crippen LogP contribution < -0.4 is 4.74 Å². The summed E-state index contributed by atoms with van der Waals surface area (Å²) >= 11 is 0. The van der Waals surface area contributed by atoms with Crippen molar-refractivity contribution in [1.82, 2.24) is 0 Å². The Morgan fingerprint density at radius 2 is 1.79 bits per heavy atom. The molecule has 3 aromatic rings. The van der Waals surface area contributed by atoms with Gasteiger partial charge in [-0.25, -0.2) is 14.0 Å². The summed E-state index contributed by atoms with van der Waals surface area (Å²) in [4.78, 5) is 22.8. The Labute approximate surface area is 161 Å². The van der Waals surface area contributed by atoms with E-state index in [1.165, 1.54) is 0 Å². The molecule has 3 rings (SSSR count). The van der Waals surface area contributed by atoms with E-state index in [2.05, 4.69) is 13.2 Å². The van der Waals surface area contributed by atoms with E-state index in [-0.39, 0.29) is 18.8 Å². The highest BCUT2D eigenvalue weighted by atomic mass is 19.1. The molecule has 0 bridgehead atoms. The maximum absolute atomic E-state index is 14.9. The maximum Gasteiger partial charge on any atom is 0.338 e. The first kappa shape index (κ1) is 19.3. The van der Waals surface area contributed by atoms with E-state index in [4.69, 9.17) is 9.47 Å². The van der Waals surface area contributed by atoms with Crippen molar-refractivity contribution in [3.05, 3.63) is 78.7 Å². The van der Waals surface area contributed by atoms with E-state index < -0.39 is 11.9 Å². The Balaban J connectivity index is 1.93. The van der Waals surface area contributed by atoms with Gasteiger partial charge in [0.2, 0.25) is 0 Å². The highest BCUT2D eigenvalue weighted by Gasteiger charge is 2.12. The molecule has 0 amide bonds. The van der Waals surface area contributed by atoms with Gasteiger partial charge in [-0.3, -0.25) is 0 Å². The van der Waals surface area contributed by atoms with E-state index in [1.807, 2.05) is 6.07 Å². The molecule has 0 aliphatic heterocycles. The van der Waals surface area contributed by atoms with Gasteiger partial charge in [0.05, 0.1) is 6.61 Å². The summed E-state index contributed by atoms with van der Waals surface area (Å²) in [6.45, 7) is 8.54. The molecule has 0 N–H and O–H groups in total. The van der Waals surface area contributed by atoms with Gasteiger partial charge in [0.15, 0.2) is 0 Å². The van der Waals surface area contributed by atoms with Crippen LogP contribution in [0.4, 0.5) is 4.39 Å². The number of hydrogen-bond acceptors (Lipinski definition) is 4. The van der Waals surface area contributed by atoms with Crippen LogP contribution in [0.15, 0.2) is 67.3 Å². The fraction of sp³-hybridized carbons (Fsp3) is 0.130. The molecule has 0 fully saturated rings. The van der Waals surface area contributed by atoms with Crippen LogP contribution in [-0.4, -0.2) is 18.5 Å². The monoisotopic (exact) mass is 378 g/mol. The molecule has 0 unspecified atom stereocenters. The zero-order valence-corrected chi connectivity index (χ0v) is 15.5. The number of hydrogen-bond donors (Lipinski definition) is 0. The Hall–Kier alpha value is -3.47. The summed E-state index contributed by atoms with van der Waals surface area (Å²) < 4.78 is 25.1. The van der Waals surface area contributed by atoms with Gasteiger partial charge in [-0.2, -0.15) is 0 Å².